The van der Waals surface area contributed by atoms with E-state index in [2.05, 4.69) is 20.3 Å². The van der Waals surface area contributed by atoms with Crippen LogP contribution in [0.25, 0.3) is 0 Å². The van der Waals surface area contributed by atoms with Crippen molar-refractivity contribution >= 4 is 15.9 Å². The van der Waals surface area contributed by atoms with E-state index in [1.165, 1.54) is 0 Å². The van der Waals surface area contributed by atoms with E-state index >= 15 is 0 Å². The predicted octanol–water partition coefficient (Wildman–Crippen LogP) is 1.51. The highest BCUT2D eigenvalue weighted by Gasteiger charge is 2.36. The van der Waals surface area contributed by atoms with Gasteiger partial charge in [0.1, 0.15) is 5.76 Å². The van der Waals surface area contributed by atoms with Crippen LogP contribution in [0.15, 0.2) is 10.6 Å². The SMILES string of the molecule is C[C@H]1C[C@@H](NC(=O)c2cc(C3CC3)on2)CCN1S(=O)(=O)CC1CCN(CCN2CCOCC2)CC1. The summed E-state index contributed by atoms with van der Waals surface area (Å²) in [5.41, 5.74) is 0.316. The van der Waals surface area contributed by atoms with Gasteiger partial charge < -0.3 is 19.5 Å². The molecule has 2 atom stereocenters. The van der Waals surface area contributed by atoms with E-state index in [4.69, 9.17) is 9.26 Å². The largest absolute Gasteiger partial charge is 0.379 e. The van der Waals surface area contributed by atoms with Gasteiger partial charge in [-0.3, -0.25) is 9.69 Å². The van der Waals surface area contributed by atoms with Crippen LogP contribution in [-0.4, -0.2) is 110 Å². The van der Waals surface area contributed by atoms with Crippen molar-refractivity contribution in [1.82, 2.24) is 24.6 Å². The number of carbonyl (C=O) groups excluding carboxylic acids is 1. The number of morpholine rings is 1. The molecular weight excluding hydrogens is 482 g/mol. The molecule has 0 radical (unpaired) electrons. The third-order valence-corrected chi connectivity index (χ3v) is 10.4. The summed E-state index contributed by atoms with van der Waals surface area (Å²) in [6.07, 6.45) is 5.28. The van der Waals surface area contributed by atoms with Gasteiger partial charge in [0.05, 0.1) is 19.0 Å². The zero-order valence-electron chi connectivity index (χ0n) is 21.4. The first-order chi connectivity index (χ1) is 17.4. The van der Waals surface area contributed by atoms with E-state index in [1.807, 2.05) is 6.92 Å². The average Bonchev–Trinajstić information content (AvgIpc) is 3.60. The lowest BCUT2D eigenvalue weighted by atomic mass is 9.99. The first-order valence-corrected chi connectivity index (χ1v) is 15.3. The maximum Gasteiger partial charge on any atom is 0.273 e. The lowest BCUT2D eigenvalue weighted by Gasteiger charge is -2.39. The van der Waals surface area contributed by atoms with Crippen LogP contribution in [-0.2, 0) is 14.8 Å². The van der Waals surface area contributed by atoms with Gasteiger partial charge in [-0.15, -0.1) is 0 Å². The van der Waals surface area contributed by atoms with Crippen molar-refractivity contribution in [2.75, 3.05) is 64.8 Å². The number of carbonyl (C=O) groups is 1. The number of nitrogens with zero attached hydrogens (tertiary/aromatic N) is 4. The van der Waals surface area contributed by atoms with Gasteiger partial charge in [0.25, 0.3) is 5.91 Å². The van der Waals surface area contributed by atoms with E-state index in [1.54, 1.807) is 10.4 Å². The molecule has 0 aromatic carbocycles. The number of piperidine rings is 2. The quantitative estimate of drug-likeness (QED) is 0.519. The van der Waals surface area contributed by atoms with E-state index in [0.717, 1.165) is 83.9 Å². The number of rotatable bonds is 9. The summed E-state index contributed by atoms with van der Waals surface area (Å²) < 4.78 is 39.0. The van der Waals surface area contributed by atoms with E-state index in [-0.39, 0.29) is 29.7 Å². The third-order valence-electron chi connectivity index (χ3n) is 8.24. The Labute approximate surface area is 214 Å². The van der Waals surface area contributed by atoms with Gasteiger partial charge in [-0.1, -0.05) is 5.16 Å². The minimum Gasteiger partial charge on any atom is -0.379 e. The summed E-state index contributed by atoms with van der Waals surface area (Å²) in [4.78, 5) is 17.5. The maximum atomic E-state index is 13.3. The summed E-state index contributed by atoms with van der Waals surface area (Å²) in [6, 6.07) is 1.54. The number of sulfonamides is 1. The fraction of sp³-hybridized carbons (Fsp3) is 0.840. The summed E-state index contributed by atoms with van der Waals surface area (Å²) in [5, 5.41) is 6.95. The first kappa shape index (κ1) is 26.1. The Balaban J connectivity index is 1.04. The molecule has 1 aliphatic carbocycles. The molecule has 10 nitrogen and oxygen atoms in total. The van der Waals surface area contributed by atoms with Crippen LogP contribution in [0, 0.1) is 5.92 Å². The molecule has 3 saturated heterocycles. The van der Waals surface area contributed by atoms with Crippen molar-refractivity contribution in [2.45, 2.75) is 63.5 Å². The van der Waals surface area contributed by atoms with Crippen LogP contribution in [0.5, 0.6) is 0 Å². The number of nitrogens with one attached hydrogen (secondary N) is 1. The summed E-state index contributed by atoms with van der Waals surface area (Å²) in [7, 11) is -3.33. The fourth-order valence-electron chi connectivity index (χ4n) is 5.79. The molecule has 4 fully saturated rings. The summed E-state index contributed by atoms with van der Waals surface area (Å²) in [5.74, 6) is 1.41. The van der Waals surface area contributed by atoms with Crippen molar-refractivity contribution in [1.29, 1.82) is 0 Å². The molecule has 1 saturated carbocycles. The van der Waals surface area contributed by atoms with Crippen molar-refractivity contribution in [3.05, 3.63) is 17.5 Å². The molecule has 0 bridgehead atoms. The van der Waals surface area contributed by atoms with Crippen molar-refractivity contribution < 1.29 is 22.5 Å². The molecule has 0 unspecified atom stereocenters. The van der Waals surface area contributed by atoms with Gasteiger partial charge in [-0.25, -0.2) is 8.42 Å². The van der Waals surface area contributed by atoms with Gasteiger partial charge in [0.2, 0.25) is 10.0 Å². The first-order valence-electron chi connectivity index (χ1n) is 13.7. The van der Waals surface area contributed by atoms with Gasteiger partial charge in [-0.05, 0) is 64.5 Å². The van der Waals surface area contributed by atoms with Crippen LogP contribution < -0.4 is 5.32 Å². The van der Waals surface area contributed by atoms with Crippen LogP contribution in [0.3, 0.4) is 0 Å². The molecular formula is C25H41N5O5S. The molecule has 3 aliphatic heterocycles. The van der Waals surface area contributed by atoms with Crippen molar-refractivity contribution in [2.24, 2.45) is 5.92 Å². The van der Waals surface area contributed by atoms with Gasteiger partial charge in [0, 0.05) is 56.8 Å². The zero-order chi connectivity index (χ0) is 25.1. The molecule has 1 amide bonds. The smallest absolute Gasteiger partial charge is 0.273 e. The molecule has 1 aromatic heterocycles. The lowest BCUT2D eigenvalue weighted by molar-refractivity contribution is 0.0316. The van der Waals surface area contributed by atoms with Crippen molar-refractivity contribution in [3.8, 4) is 0 Å². The maximum absolute atomic E-state index is 13.3. The molecule has 36 heavy (non-hydrogen) atoms. The Morgan fingerprint density at radius 2 is 1.72 bits per heavy atom. The van der Waals surface area contributed by atoms with E-state index in [0.29, 0.717) is 31.0 Å². The van der Waals surface area contributed by atoms with Crippen LogP contribution in [0.4, 0.5) is 0 Å². The Morgan fingerprint density at radius 1 is 1.03 bits per heavy atom. The van der Waals surface area contributed by atoms with E-state index in [9.17, 15) is 13.2 Å². The molecule has 1 aromatic rings. The average molecular weight is 524 g/mol. The highest BCUT2D eigenvalue weighted by molar-refractivity contribution is 7.89. The normalized spacial score (nSPS) is 27.8. The monoisotopic (exact) mass is 523 g/mol. The molecule has 5 rings (SSSR count). The Morgan fingerprint density at radius 3 is 2.39 bits per heavy atom. The van der Waals surface area contributed by atoms with Gasteiger partial charge >= 0.3 is 0 Å². The number of amides is 1. The molecule has 11 heteroatoms. The molecule has 1 N–H and O–H groups in total. The second kappa shape index (κ2) is 11.5. The second-order valence-electron chi connectivity index (χ2n) is 11.1. The molecule has 4 heterocycles. The topological polar surface area (TPSA) is 108 Å². The van der Waals surface area contributed by atoms with Crippen LogP contribution >= 0.6 is 0 Å². The van der Waals surface area contributed by atoms with Crippen LogP contribution in [0.2, 0.25) is 0 Å². The molecule has 4 aliphatic rings. The lowest BCUT2D eigenvalue weighted by Crippen LogP contribution is -2.52. The van der Waals surface area contributed by atoms with Gasteiger partial charge in [-0.2, -0.15) is 4.31 Å². The number of hydrogen-bond donors (Lipinski definition) is 1. The van der Waals surface area contributed by atoms with Crippen LogP contribution in [0.1, 0.15) is 67.6 Å². The highest BCUT2D eigenvalue weighted by atomic mass is 32.2. The van der Waals surface area contributed by atoms with E-state index < -0.39 is 10.0 Å². The summed E-state index contributed by atoms with van der Waals surface area (Å²) >= 11 is 0. The second-order valence-corrected chi connectivity index (χ2v) is 13.0. The predicted molar refractivity (Wildman–Crippen MR) is 135 cm³/mol. The Hall–Kier alpha value is -1.53. The Bertz CT molecular complexity index is 983. The molecule has 202 valence electrons. The minimum absolute atomic E-state index is 0.0604. The standard InChI is InChI=1S/C25H41N5O5S/c1-19-16-22(26-25(31)23-17-24(35-27-23)21-2-3-21)6-9-30(19)36(32,33)18-20-4-7-28(8-5-20)10-11-29-12-14-34-15-13-29/h17,19-22H,2-16,18H2,1H3,(H,26,31)/t19-,22-/m0/s1. The van der Waals surface area contributed by atoms with Crippen molar-refractivity contribution in [3.63, 3.8) is 0 Å². The fourth-order valence-corrected chi connectivity index (χ4v) is 7.93. The number of likely N-dealkylation sites (tertiary alicyclic amines) is 1. The summed E-state index contributed by atoms with van der Waals surface area (Å²) in [6.45, 7) is 10.1. The highest BCUT2D eigenvalue weighted by Crippen LogP contribution is 2.40. The number of hydrogen-bond acceptors (Lipinski definition) is 8. The third kappa shape index (κ3) is 6.66. The van der Waals surface area contributed by atoms with Gasteiger partial charge in [0.15, 0.2) is 5.69 Å². The zero-order valence-corrected chi connectivity index (χ0v) is 22.3. The Kier molecular flexibility index (Phi) is 8.31. The number of aromatic nitrogens is 1. The number of ether oxygens (including phenoxy) is 1. The molecule has 0 spiro atoms. The minimum atomic E-state index is -3.33.